The minimum atomic E-state index is -4.78. The van der Waals surface area contributed by atoms with E-state index in [9.17, 15) is 42.7 Å². The van der Waals surface area contributed by atoms with Gasteiger partial charge >= 0.3 is 13.3 Å². The van der Waals surface area contributed by atoms with Gasteiger partial charge in [0.15, 0.2) is 5.82 Å². The molecule has 59 heavy (non-hydrogen) atoms. The molecule has 4 amide bonds. The van der Waals surface area contributed by atoms with Gasteiger partial charge in [-0.3, -0.25) is 29.5 Å². The molecule has 1 aromatic heterocycles. The Balaban J connectivity index is 1.24. The number of phenols is 1. The largest absolute Gasteiger partial charge is 0.507 e. The fourth-order valence-electron chi connectivity index (χ4n) is 9.71. The van der Waals surface area contributed by atoms with Crippen molar-refractivity contribution in [3.8, 4) is 5.75 Å². The highest BCUT2D eigenvalue weighted by molar-refractivity contribution is 6.58. The monoisotopic (exact) mass is 840 g/mol. The number of hydrogen-bond acceptors (Lipinski definition) is 9. The molecule has 4 aromatic carbocycles. The van der Waals surface area contributed by atoms with E-state index in [1.807, 2.05) is 0 Å². The van der Waals surface area contributed by atoms with Gasteiger partial charge in [0.25, 0.3) is 11.8 Å². The Kier molecular flexibility index (Phi) is 9.16. The summed E-state index contributed by atoms with van der Waals surface area (Å²) >= 11 is 12.6. The molecule has 9 rings (SSSR count). The number of carbonyl (C=O) groups excluding carboxylic acids is 4. The number of aromatic nitrogens is 1. The van der Waals surface area contributed by atoms with Gasteiger partial charge in [0, 0.05) is 28.1 Å². The van der Waals surface area contributed by atoms with E-state index >= 15 is 4.79 Å². The summed E-state index contributed by atoms with van der Waals surface area (Å²) in [7, 11) is -1.87. The third-order valence-corrected chi connectivity index (χ3v) is 12.8. The molecule has 4 aliphatic rings. The van der Waals surface area contributed by atoms with Crippen molar-refractivity contribution >= 4 is 81.7 Å². The van der Waals surface area contributed by atoms with E-state index in [1.165, 1.54) is 24.3 Å². The lowest BCUT2D eigenvalue weighted by atomic mass is 9.49. The summed E-state index contributed by atoms with van der Waals surface area (Å²) in [5.74, 6) is -8.55. The molecule has 0 radical (unpaired) electrons. The first-order valence-corrected chi connectivity index (χ1v) is 19.3. The molecule has 6 unspecified atom stereocenters. The number of amides is 4. The predicted octanol–water partition coefficient (Wildman–Crippen LogP) is 6.14. The van der Waals surface area contributed by atoms with Crippen molar-refractivity contribution in [1.29, 1.82) is 0 Å². The number of nitrogens with one attached hydrogen (secondary N) is 1. The van der Waals surface area contributed by atoms with Crippen LogP contribution in [0.25, 0.3) is 10.8 Å². The van der Waals surface area contributed by atoms with Gasteiger partial charge < -0.3 is 15.2 Å². The van der Waals surface area contributed by atoms with Crippen molar-refractivity contribution in [2.24, 2.45) is 23.7 Å². The number of fused-ring (bicyclic) bond motifs is 5. The van der Waals surface area contributed by atoms with Crippen LogP contribution in [0.15, 0.2) is 109 Å². The zero-order valence-corrected chi connectivity index (χ0v) is 31.9. The van der Waals surface area contributed by atoms with Crippen molar-refractivity contribution in [3.05, 3.63) is 136 Å². The second-order valence-corrected chi connectivity index (χ2v) is 16.0. The number of benzene rings is 4. The van der Waals surface area contributed by atoms with Gasteiger partial charge in [0.2, 0.25) is 11.8 Å². The maximum atomic E-state index is 15.5. The van der Waals surface area contributed by atoms with Gasteiger partial charge in [-0.2, -0.15) is 18.2 Å². The van der Waals surface area contributed by atoms with E-state index in [0.717, 1.165) is 4.90 Å². The predicted molar refractivity (Wildman–Crippen MR) is 211 cm³/mol. The Labute approximate surface area is 343 Å². The first-order chi connectivity index (χ1) is 28.1. The topological polar surface area (TPSA) is 160 Å². The fourth-order valence-corrected chi connectivity index (χ4v) is 10.0. The molecule has 3 fully saturated rings. The lowest BCUT2D eigenvalue weighted by molar-refractivity contribution is -0.139. The number of hydrazine groups is 1. The quantitative estimate of drug-likeness (QED) is 0.0896. The zero-order valence-electron chi connectivity index (χ0n) is 30.4. The number of anilines is 2. The van der Waals surface area contributed by atoms with Crippen molar-refractivity contribution in [1.82, 2.24) is 9.99 Å². The number of hydrogen-bond donors (Lipinski definition) is 4. The third kappa shape index (κ3) is 5.85. The van der Waals surface area contributed by atoms with E-state index in [0.29, 0.717) is 44.2 Å². The standard InChI is InChI=1S/C42H30BCl2F3N4O7/c44-24-11-9-21(10-12-24)41-31(38(55)52(40(41)57)50-36-32(45)16-22(19-49-36)42(46,47)48)18-30-27(34(41)29-13-8-20-4-1-2-7-26(20)35(29)53)14-15-28-33(30)39(56)51(37(28)54)25-6-3-5-23(17-25)43(58)59/h1-14,16-17,19,28,30-31,33-34,53,58-59H,15,18H2,(H,49,50). The van der Waals surface area contributed by atoms with E-state index < -0.39 is 88.3 Å². The Morgan fingerprint density at radius 1 is 0.864 bits per heavy atom. The lowest BCUT2D eigenvalue weighted by Gasteiger charge is -2.50. The first kappa shape index (κ1) is 38.8. The molecule has 0 bridgehead atoms. The summed E-state index contributed by atoms with van der Waals surface area (Å²) in [6.07, 6.45) is -2.55. The van der Waals surface area contributed by atoms with Gasteiger partial charge in [-0.05, 0) is 65.5 Å². The smallest absolute Gasteiger partial charge is 0.488 e. The Bertz CT molecular complexity index is 2660. The number of halogens is 5. The van der Waals surface area contributed by atoms with E-state index in [2.05, 4.69) is 10.4 Å². The van der Waals surface area contributed by atoms with E-state index in [1.54, 1.807) is 66.7 Å². The average Bonchev–Trinajstić information content (AvgIpc) is 3.59. The van der Waals surface area contributed by atoms with E-state index in [4.69, 9.17) is 23.2 Å². The molecule has 6 atom stereocenters. The van der Waals surface area contributed by atoms with Crippen molar-refractivity contribution in [3.63, 3.8) is 0 Å². The number of carbonyl (C=O) groups is 4. The number of aromatic hydroxyl groups is 1. The Hall–Kier alpha value is -5.74. The minimum absolute atomic E-state index is 0.0549. The maximum absolute atomic E-state index is 15.5. The van der Waals surface area contributed by atoms with Crippen LogP contribution in [0.5, 0.6) is 5.75 Å². The molecular formula is C42H30BCl2F3N4O7. The van der Waals surface area contributed by atoms with Gasteiger partial charge in [-0.15, -0.1) is 0 Å². The summed E-state index contributed by atoms with van der Waals surface area (Å²) in [6, 6.07) is 23.1. The SMILES string of the molecule is O=C1C2CC3C(=CCC4C(=O)N(c5cccc(B(O)O)c5)C(=O)C43)C(c3ccc4ccccc4c3O)C2(c2ccc(Cl)cc2)C(=O)N1Nc1ncc(C(F)(F)F)cc1Cl. The molecule has 2 aliphatic carbocycles. The third-order valence-electron chi connectivity index (χ3n) is 12.2. The number of pyridine rings is 1. The molecule has 11 nitrogen and oxygen atoms in total. The second kappa shape index (κ2) is 13.9. The molecule has 4 N–H and O–H groups in total. The van der Waals surface area contributed by atoms with Crippen LogP contribution < -0.4 is 15.8 Å². The number of phenolic OH excluding ortho intramolecular Hbond substituents is 1. The van der Waals surface area contributed by atoms with Crippen LogP contribution in [-0.4, -0.2) is 55.9 Å². The fraction of sp³-hybridized carbons (Fsp3) is 0.214. The summed E-state index contributed by atoms with van der Waals surface area (Å²) < 4.78 is 40.6. The number of rotatable bonds is 6. The van der Waals surface area contributed by atoms with Crippen LogP contribution in [0.2, 0.25) is 10.0 Å². The van der Waals surface area contributed by atoms with Gasteiger partial charge in [-0.25, -0.2) is 4.98 Å². The number of allylic oxidation sites excluding steroid dienone is 2. The number of imide groups is 2. The Morgan fingerprint density at radius 2 is 1.61 bits per heavy atom. The second-order valence-electron chi connectivity index (χ2n) is 15.1. The van der Waals surface area contributed by atoms with Crippen LogP contribution >= 0.6 is 23.2 Å². The highest BCUT2D eigenvalue weighted by Crippen LogP contribution is 2.65. The zero-order chi connectivity index (χ0) is 41.7. The number of alkyl halides is 3. The summed E-state index contributed by atoms with van der Waals surface area (Å²) in [5, 5.41) is 33.5. The van der Waals surface area contributed by atoms with Crippen molar-refractivity contribution in [2.75, 3.05) is 10.3 Å². The van der Waals surface area contributed by atoms with Crippen LogP contribution in [0, 0.1) is 23.7 Å². The molecule has 2 saturated heterocycles. The van der Waals surface area contributed by atoms with Gasteiger partial charge in [0.1, 0.15) is 5.75 Å². The highest BCUT2D eigenvalue weighted by Gasteiger charge is 2.71. The summed E-state index contributed by atoms with van der Waals surface area (Å²) in [4.78, 5) is 64.1. The summed E-state index contributed by atoms with van der Waals surface area (Å²) in [5.41, 5.74) is 0.873. The molecule has 298 valence electrons. The molecular weight excluding hydrogens is 811 g/mol. The molecule has 5 aromatic rings. The summed E-state index contributed by atoms with van der Waals surface area (Å²) in [6.45, 7) is 0. The molecule has 17 heteroatoms. The first-order valence-electron chi connectivity index (χ1n) is 18.5. The van der Waals surface area contributed by atoms with Crippen LogP contribution in [-0.2, 0) is 30.8 Å². The lowest BCUT2D eigenvalue weighted by Crippen LogP contribution is -2.53. The van der Waals surface area contributed by atoms with E-state index in [-0.39, 0.29) is 35.3 Å². The van der Waals surface area contributed by atoms with Crippen LogP contribution in [0.1, 0.15) is 35.4 Å². The van der Waals surface area contributed by atoms with Gasteiger partial charge in [0.05, 0.1) is 39.4 Å². The maximum Gasteiger partial charge on any atom is 0.488 e. The van der Waals surface area contributed by atoms with Crippen LogP contribution in [0.4, 0.5) is 24.7 Å². The van der Waals surface area contributed by atoms with Crippen molar-refractivity contribution < 1.29 is 47.5 Å². The average molecular weight is 841 g/mol. The van der Waals surface area contributed by atoms with Gasteiger partial charge in [-0.1, -0.05) is 95.5 Å². The molecule has 3 heterocycles. The van der Waals surface area contributed by atoms with Crippen molar-refractivity contribution in [2.45, 2.75) is 30.4 Å². The molecule has 1 saturated carbocycles. The number of nitrogens with zero attached hydrogens (tertiary/aromatic N) is 3. The highest BCUT2D eigenvalue weighted by atomic mass is 35.5. The minimum Gasteiger partial charge on any atom is -0.507 e. The molecule has 2 aliphatic heterocycles. The molecule has 0 spiro atoms. The Morgan fingerprint density at radius 3 is 2.32 bits per heavy atom. The van der Waals surface area contributed by atoms with Crippen LogP contribution in [0.3, 0.4) is 0 Å². The normalized spacial score (nSPS) is 25.2.